The summed E-state index contributed by atoms with van der Waals surface area (Å²) in [5, 5.41) is 21.0. The number of nitrogens with one attached hydrogen (secondary N) is 2. The molecule has 2 heterocycles. The Balaban J connectivity index is 1.67. The van der Waals surface area contributed by atoms with Crippen LogP contribution < -0.4 is 10.6 Å². The smallest absolute Gasteiger partial charge is 0.212 e. The molecular formula is C12H10N6S3. The van der Waals surface area contributed by atoms with Gasteiger partial charge < -0.3 is 10.6 Å². The van der Waals surface area contributed by atoms with Crippen molar-refractivity contribution in [3.8, 4) is 10.6 Å². The first kappa shape index (κ1) is 14.0. The molecule has 1 aromatic carbocycles. The Hall–Kier alpha value is -1.97. The average molecular weight is 334 g/mol. The van der Waals surface area contributed by atoms with E-state index in [1.54, 1.807) is 0 Å². The van der Waals surface area contributed by atoms with E-state index in [9.17, 15) is 0 Å². The van der Waals surface area contributed by atoms with Gasteiger partial charge in [-0.05, 0) is 19.1 Å². The molecule has 0 radical (unpaired) electrons. The molecule has 106 valence electrons. The van der Waals surface area contributed by atoms with Gasteiger partial charge >= 0.3 is 0 Å². The van der Waals surface area contributed by atoms with Gasteiger partial charge in [0.15, 0.2) is 5.11 Å². The van der Waals surface area contributed by atoms with E-state index in [1.807, 2.05) is 37.3 Å². The highest BCUT2D eigenvalue weighted by Gasteiger charge is 2.09. The van der Waals surface area contributed by atoms with Crippen LogP contribution in [-0.2, 0) is 0 Å². The third-order valence-electron chi connectivity index (χ3n) is 2.54. The van der Waals surface area contributed by atoms with Crippen LogP contribution in [0.5, 0.6) is 0 Å². The normalized spacial score (nSPS) is 10.3. The molecule has 0 aliphatic heterocycles. The van der Waals surface area contributed by atoms with Crippen molar-refractivity contribution in [3.05, 3.63) is 36.0 Å². The van der Waals surface area contributed by atoms with E-state index in [1.165, 1.54) is 22.9 Å². The molecule has 0 atom stereocenters. The van der Waals surface area contributed by atoms with E-state index >= 15 is 0 Å². The monoisotopic (exact) mass is 334 g/mol. The van der Waals surface area contributed by atoms with Crippen molar-refractivity contribution >= 4 is 50.3 Å². The fourth-order valence-corrected chi connectivity index (χ4v) is 3.20. The summed E-state index contributed by atoms with van der Waals surface area (Å²) >= 11 is 7.94. The van der Waals surface area contributed by atoms with E-state index in [0.717, 1.165) is 21.3 Å². The molecule has 0 aliphatic carbocycles. The van der Waals surface area contributed by atoms with Crippen molar-refractivity contribution in [2.45, 2.75) is 6.92 Å². The van der Waals surface area contributed by atoms with Crippen LogP contribution in [0.1, 0.15) is 5.69 Å². The van der Waals surface area contributed by atoms with Gasteiger partial charge in [-0.25, -0.2) is 0 Å². The highest BCUT2D eigenvalue weighted by atomic mass is 32.1. The molecule has 3 aromatic rings. The maximum atomic E-state index is 5.24. The molecule has 0 amide bonds. The van der Waals surface area contributed by atoms with Crippen LogP contribution >= 0.6 is 35.1 Å². The van der Waals surface area contributed by atoms with Crippen molar-refractivity contribution in [2.75, 3.05) is 10.6 Å². The standard InChI is InChI=1S/C12H10N6S3/c1-7-9(21-18-15-7)13-11(19)14-12-17-16-10(20-12)8-5-3-2-4-6-8/h2-6H,1H3,(H2,13,14,17,19). The Morgan fingerprint density at radius 1 is 1.10 bits per heavy atom. The number of hydrogen-bond donors (Lipinski definition) is 2. The van der Waals surface area contributed by atoms with E-state index < -0.39 is 0 Å². The van der Waals surface area contributed by atoms with Gasteiger partial charge in [0.05, 0.1) is 5.69 Å². The summed E-state index contributed by atoms with van der Waals surface area (Å²) in [4.78, 5) is 0. The second-order valence-corrected chi connectivity index (χ2v) is 6.18. The third kappa shape index (κ3) is 3.38. The molecule has 3 rings (SSSR count). The predicted octanol–water partition coefficient (Wildman–Crippen LogP) is 3.17. The van der Waals surface area contributed by atoms with Crippen molar-refractivity contribution in [1.29, 1.82) is 0 Å². The zero-order valence-electron chi connectivity index (χ0n) is 10.9. The molecule has 2 aromatic heterocycles. The van der Waals surface area contributed by atoms with Crippen LogP contribution in [0, 0.1) is 6.92 Å². The van der Waals surface area contributed by atoms with Gasteiger partial charge in [0.1, 0.15) is 10.0 Å². The molecule has 9 heteroatoms. The molecule has 0 fully saturated rings. The highest BCUT2D eigenvalue weighted by Crippen LogP contribution is 2.26. The Morgan fingerprint density at radius 2 is 1.90 bits per heavy atom. The summed E-state index contributed by atoms with van der Waals surface area (Å²) in [6.07, 6.45) is 0. The summed E-state index contributed by atoms with van der Waals surface area (Å²) in [5.74, 6) is 0. The molecule has 0 bridgehead atoms. The van der Waals surface area contributed by atoms with Crippen LogP contribution in [0.25, 0.3) is 10.6 Å². The van der Waals surface area contributed by atoms with Gasteiger partial charge in [-0.1, -0.05) is 46.2 Å². The lowest BCUT2D eigenvalue weighted by Gasteiger charge is -2.04. The highest BCUT2D eigenvalue weighted by molar-refractivity contribution is 7.80. The van der Waals surface area contributed by atoms with Crippen LogP contribution in [0.4, 0.5) is 10.1 Å². The molecule has 0 spiro atoms. The maximum absolute atomic E-state index is 5.24. The number of anilines is 2. The molecular weight excluding hydrogens is 324 g/mol. The van der Waals surface area contributed by atoms with Crippen LogP contribution in [-0.4, -0.2) is 24.9 Å². The quantitative estimate of drug-likeness (QED) is 0.712. The van der Waals surface area contributed by atoms with E-state index in [0.29, 0.717) is 10.2 Å². The van der Waals surface area contributed by atoms with Gasteiger partial charge in [0.25, 0.3) is 0 Å². The topological polar surface area (TPSA) is 75.6 Å². The molecule has 6 nitrogen and oxygen atoms in total. The first-order chi connectivity index (χ1) is 10.2. The second-order valence-electron chi connectivity index (χ2n) is 4.04. The number of aryl methyl sites for hydroxylation is 1. The lowest BCUT2D eigenvalue weighted by atomic mass is 10.2. The number of nitrogens with zero attached hydrogens (tertiary/aromatic N) is 4. The lowest BCUT2D eigenvalue weighted by Crippen LogP contribution is -2.18. The zero-order chi connectivity index (χ0) is 14.7. The van der Waals surface area contributed by atoms with E-state index in [2.05, 4.69) is 30.4 Å². The van der Waals surface area contributed by atoms with Crippen molar-refractivity contribution < 1.29 is 0 Å². The first-order valence-corrected chi connectivity index (χ1v) is 7.98. The Kier molecular flexibility index (Phi) is 4.13. The number of hydrogen-bond acceptors (Lipinski definition) is 7. The van der Waals surface area contributed by atoms with Crippen molar-refractivity contribution in [1.82, 2.24) is 19.8 Å². The molecule has 0 unspecified atom stereocenters. The van der Waals surface area contributed by atoms with Gasteiger partial charge in [-0.2, -0.15) is 0 Å². The van der Waals surface area contributed by atoms with Crippen LogP contribution in [0.15, 0.2) is 30.3 Å². The van der Waals surface area contributed by atoms with Gasteiger partial charge in [0.2, 0.25) is 5.13 Å². The maximum Gasteiger partial charge on any atom is 0.212 e. The fraction of sp³-hybridized carbons (Fsp3) is 0.0833. The van der Waals surface area contributed by atoms with Gasteiger partial charge in [-0.3, -0.25) is 0 Å². The SMILES string of the molecule is Cc1nnsc1NC(=S)Nc1nnc(-c2ccccc2)s1. The Labute approximate surface area is 134 Å². The summed E-state index contributed by atoms with van der Waals surface area (Å²) < 4.78 is 3.84. The summed E-state index contributed by atoms with van der Waals surface area (Å²) in [5.41, 5.74) is 1.84. The number of benzene rings is 1. The summed E-state index contributed by atoms with van der Waals surface area (Å²) in [7, 11) is 0. The van der Waals surface area contributed by atoms with Crippen LogP contribution in [0.2, 0.25) is 0 Å². The minimum absolute atomic E-state index is 0.444. The molecule has 0 saturated heterocycles. The van der Waals surface area contributed by atoms with Gasteiger partial charge in [-0.15, -0.1) is 15.3 Å². The van der Waals surface area contributed by atoms with E-state index in [4.69, 9.17) is 12.2 Å². The minimum atomic E-state index is 0.444. The predicted molar refractivity (Wildman–Crippen MR) is 89.8 cm³/mol. The second kappa shape index (κ2) is 6.20. The van der Waals surface area contributed by atoms with Crippen molar-refractivity contribution in [3.63, 3.8) is 0 Å². The summed E-state index contributed by atoms with van der Waals surface area (Å²) in [6.45, 7) is 1.87. The molecule has 21 heavy (non-hydrogen) atoms. The minimum Gasteiger partial charge on any atom is -0.321 e. The van der Waals surface area contributed by atoms with E-state index in [-0.39, 0.29) is 0 Å². The number of aromatic nitrogens is 4. The first-order valence-electron chi connectivity index (χ1n) is 5.98. The zero-order valence-corrected chi connectivity index (χ0v) is 13.3. The largest absolute Gasteiger partial charge is 0.321 e. The summed E-state index contributed by atoms with van der Waals surface area (Å²) in [6, 6.07) is 9.89. The number of thiocarbonyl (C=S) groups is 1. The molecule has 0 saturated carbocycles. The lowest BCUT2D eigenvalue weighted by molar-refractivity contribution is 1.09. The Bertz CT molecular complexity index is 751. The van der Waals surface area contributed by atoms with Crippen molar-refractivity contribution in [2.24, 2.45) is 0 Å². The molecule has 0 aliphatic rings. The fourth-order valence-electron chi connectivity index (χ4n) is 1.55. The third-order valence-corrected chi connectivity index (χ3v) is 4.38. The van der Waals surface area contributed by atoms with Crippen LogP contribution in [0.3, 0.4) is 0 Å². The molecule has 2 N–H and O–H groups in total. The van der Waals surface area contributed by atoms with Gasteiger partial charge in [0, 0.05) is 17.1 Å². The Morgan fingerprint density at radius 3 is 2.62 bits per heavy atom. The average Bonchev–Trinajstić information content (AvgIpc) is 3.10. The number of rotatable bonds is 3.